The second kappa shape index (κ2) is 9.30. The van der Waals surface area contributed by atoms with Gasteiger partial charge >= 0.3 is 5.97 Å². The number of benzene rings is 2. The van der Waals surface area contributed by atoms with Crippen LogP contribution in [-0.4, -0.2) is 32.9 Å². The van der Waals surface area contributed by atoms with Gasteiger partial charge in [-0.1, -0.05) is 24.3 Å². The molecule has 4 aromatic rings. The van der Waals surface area contributed by atoms with Gasteiger partial charge in [-0.25, -0.2) is 4.79 Å². The van der Waals surface area contributed by atoms with Crippen LogP contribution in [0.3, 0.4) is 0 Å². The van der Waals surface area contributed by atoms with Gasteiger partial charge in [-0.2, -0.15) is 14.0 Å². The fourth-order valence-corrected chi connectivity index (χ4v) is 5.15. The topological polar surface area (TPSA) is 90.1 Å². The van der Waals surface area contributed by atoms with E-state index in [1.54, 1.807) is 6.07 Å². The number of nitriles is 1. The van der Waals surface area contributed by atoms with Gasteiger partial charge in [0.05, 0.1) is 11.7 Å². The second-order valence-corrected chi connectivity index (χ2v) is 8.66. The molecule has 0 saturated carbocycles. The number of aliphatic carboxylic acids is 1. The molecule has 0 aliphatic heterocycles. The Kier molecular flexibility index (Phi) is 6.30. The molecule has 0 radical (unpaired) electrons. The normalized spacial score (nSPS) is 11.5. The van der Waals surface area contributed by atoms with Crippen molar-refractivity contribution < 1.29 is 9.90 Å². The lowest BCUT2D eigenvalue weighted by Gasteiger charge is -2.21. The molecule has 2 aromatic heterocycles. The van der Waals surface area contributed by atoms with Crippen molar-refractivity contribution in [3.63, 3.8) is 0 Å². The second-order valence-electron chi connectivity index (χ2n) is 7.02. The molecular weight excluding hydrogens is 440 g/mol. The van der Waals surface area contributed by atoms with Crippen LogP contribution >= 0.6 is 23.1 Å². The molecule has 0 fully saturated rings. The molecule has 2 aromatic carbocycles. The number of thiophene rings is 1. The van der Waals surface area contributed by atoms with Crippen molar-refractivity contribution >= 4 is 51.8 Å². The van der Waals surface area contributed by atoms with E-state index in [2.05, 4.69) is 57.8 Å². The minimum atomic E-state index is -1.23. The summed E-state index contributed by atoms with van der Waals surface area (Å²) in [7, 11) is 0. The summed E-state index contributed by atoms with van der Waals surface area (Å²) in [6.45, 7) is 6.22. The lowest BCUT2D eigenvalue weighted by atomic mass is 10.0. The van der Waals surface area contributed by atoms with Crippen LogP contribution in [0, 0.1) is 11.3 Å². The number of carboxylic acid groups (broad SMARTS) is 1. The van der Waals surface area contributed by atoms with Crippen LogP contribution in [-0.2, 0) is 4.79 Å². The van der Waals surface area contributed by atoms with Crippen molar-refractivity contribution in [3.05, 3.63) is 59.0 Å². The van der Waals surface area contributed by atoms with Crippen molar-refractivity contribution in [2.45, 2.75) is 13.8 Å². The SMILES string of the molecule is CCN(CC)c1ccc(-c2ccc(-c3ccc(/C=C(/C#N)C(=O)O)s3)c3nsnc23)cc1. The molecule has 2 heterocycles. The van der Waals surface area contributed by atoms with Gasteiger partial charge in [-0.3, -0.25) is 0 Å². The highest BCUT2D eigenvalue weighted by Gasteiger charge is 2.15. The Labute approximate surface area is 194 Å². The quantitative estimate of drug-likeness (QED) is 0.272. The first-order valence-electron chi connectivity index (χ1n) is 10.1. The summed E-state index contributed by atoms with van der Waals surface area (Å²) in [5.74, 6) is -1.23. The molecule has 0 unspecified atom stereocenters. The highest BCUT2D eigenvalue weighted by atomic mass is 32.1. The molecule has 0 aliphatic carbocycles. The van der Waals surface area contributed by atoms with Gasteiger partial charge < -0.3 is 10.0 Å². The maximum Gasteiger partial charge on any atom is 0.346 e. The first-order valence-corrected chi connectivity index (χ1v) is 11.7. The number of hydrogen-bond acceptors (Lipinski definition) is 7. The largest absolute Gasteiger partial charge is 0.477 e. The number of rotatable bonds is 7. The maximum absolute atomic E-state index is 11.1. The van der Waals surface area contributed by atoms with E-state index in [-0.39, 0.29) is 5.57 Å². The standard InChI is InChI=1S/C24H20N4O2S2/c1-3-28(4-2)17-7-5-15(6-8-17)19-10-11-20(23-22(19)26-32-27-23)21-12-9-18(31-21)13-16(14-25)24(29)30/h5-13H,3-4H2,1-2H3,(H,29,30)/b16-13-. The first-order chi connectivity index (χ1) is 15.5. The van der Waals surface area contributed by atoms with Crippen LogP contribution in [0.2, 0.25) is 0 Å². The number of aromatic nitrogens is 2. The summed E-state index contributed by atoms with van der Waals surface area (Å²) < 4.78 is 9.09. The fraction of sp³-hybridized carbons (Fsp3) is 0.167. The van der Waals surface area contributed by atoms with Gasteiger partial charge in [0, 0.05) is 39.7 Å². The molecule has 8 heteroatoms. The lowest BCUT2D eigenvalue weighted by Crippen LogP contribution is -2.21. The van der Waals surface area contributed by atoms with Gasteiger partial charge in [0.15, 0.2) is 0 Å². The summed E-state index contributed by atoms with van der Waals surface area (Å²) in [5.41, 5.74) is 5.62. The predicted octanol–water partition coefficient (Wildman–Crippen LogP) is 5.92. The van der Waals surface area contributed by atoms with Gasteiger partial charge in [-0.15, -0.1) is 11.3 Å². The van der Waals surface area contributed by atoms with Crippen LogP contribution in [0.4, 0.5) is 5.69 Å². The zero-order valence-electron chi connectivity index (χ0n) is 17.6. The van der Waals surface area contributed by atoms with E-state index < -0.39 is 5.97 Å². The smallest absolute Gasteiger partial charge is 0.346 e. The van der Waals surface area contributed by atoms with E-state index >= 15 is 0 Å². The summed E-state index contributed by atoms with van der Waals surface area (Å²) in [6, 6.07) is 18.0. The van der Waals surface area contributed by atoms with Gasteiger partial charge in [0.1, 0.15) is 22.7 Å². The van der Waals surface area contributed by atoms with Gasteiger partial charge in [0.2, 0.25) is 0 Å². The third-order valence-electron chi connectivity index (χ3n) is 5.25. The molecule has 32 heavy (non-hydrogen) atoms. The molecule has 0 amide bonds. The van der Waals surface area contributed by atoms with Crippen LogP contribution < -0.4 is 4.90 Å². The van der Waals surface area contributed by atoms with E-state index in [1.807, 2.05) is 18.2 Å². The van der Waals surface area contributed by atoms with Crippen LogP contribution in [0.1, 0.15) is 18.7 Å². The van der Waals surface area contributed by atoms with Crippen molar-refractivity contribution in [1.29, 1.82) is 5.26 Å². The Hall–Kier alpha value is -3.54. The Bertz CT molecular complexity index is 1340. The van der Waals surface area contributed by atoms with E-state index in [0.29, 0.717) is 4.88 Å². The van der Waals surface area contributed by atoms with Crippen molar-refractivity contribution in [1.82, 2.24) is 8.75 Å². The maximum atomic E-state index is 11.1. The van der Waals surface area contributed by atoms with Crippen LogP contribution in [0.5, 0.6) is 0 Å². The van der Waals surface area contributed by atoms with E-state index in [1.165, 1.54) is 34.8 Å². The lowest BCUT2D eigenvalue weighted by molar-refractivity contribution is -0.132. The number of anilines is 1. The average molecular weight is 461 g/mol. The first kappa shape index (κ1) is 21.7. The molecule has 1 N–H and O–H groups in total. The molecule has 0 saturated heterocycles. The molecule has 0 aliphatic rings. The predicted molar refractivity (Wildman–Crippen MR) is 131 cm³/mol. The van der Waals surface area contributed by atoms with E-state index in [9.17, 15) is 4.79 Å². The fourth-order valence-electron chi connectivity index (χ4n) is 3.60. The van der Waals surface area contributed by atoms with Crippen LogP contribution in [0.15, 0.2) is 54.1 Å². The molecule has 6 nitrogen and oxygen atoms in total. The van der Waals surface area contributed by atoms with Gasteiger partial charge in [0.25, 0.3) is 0 Å². The Morgan fingerprint density at radius 3 is 2.31 bits per heavy atom. The van der Waals surface area contributed by atoms with Crippen molar-refractivity contribution in [2.24, 2.45) is 0 Å². The monoisotopic (exact) mass is 460 g/mol. The van der Waals surface area contributed by atoms with Crippen molar-refractivity contribution in [3.8, 4) is 27.6 Å². The number of nitrogens with zero attached hydrogens (tertiary/aromatic N) is 4. The number of fused-ring (bicyclic) bond motifs is 1. The summed E-state index contributed by atoms with van der Waals surface area (Å²) >= 11 is 2.59. The van der Waals surface area contributed by atoms with Crippen LogP contribution in [0.25, 0.3) is 38.7 Å². The third-order valence-corrected chi connectivity index (χ3v) is 6.85. The zero-order valence-corrected chi connectivity index (χ0v) is 19.2. The Balaban J connectivity index is 1.71. The third kappa shape index (κ3) is 4.13. The number of hydrogen-bond donors (Lipinski definition) is 1. The number of carbonyl (C=O) groups is 1. The van der Waals surface area contributed by atoms with E-state index in [4.69, 9.17) is 10.4 Å². The van der Waals surface area contributed by atoms with Gasteiger partial charge in [-0.05, 0) is 49.8 Å². The minimum Gasteiger partial charge on any atom is -0.477 e. The Morgan fingerprint density at radius 2 is 1.69 bits per heavy atom. The minimum absolute atomic E-state index is 0.289. The summed E-state index contributed by atoms with van der Waals surface area (Å²) in [6.07, 6.45) is 1.39. The number of carboxylic acids is 1. The molecule has 0 bridgehead atoms. The highest BCUT2D eigenvalue weighted by Crippen LogP contribution is 2.38. The summed E-state index contributed by atoms with van der Waals surface area (Å²) in [4.78, 5) is 15.1. The molecule has 4 rings (SSSR count). The van der Waals surface area contributed by atoms with E-state index in [0.717, 1.165) is 45.7 Å². The molecule has 0 atom stereocenters. The van der Waals surface area contributed by atoms with Crippen molar-refractivity contribution in [2.75, 3.05) is 18.0 Å². The average Bonchev–Trinajstić information content (AvgIpc) is 3.48. The molecule has 160 valence electrons. The Morgan fingerprint density at radius 1 is 1.03 bits per heavy atom. The highest BCUT2D eigenvalue weighted by molar-refractivity contribution is 7.16. The molecule has 0 spiro atoms. The zero-order chi connectivity index (χ0) is 22.7. The molecular formula is C24H20N4O2S2. The summed E-state index contributed by atoms with van der Waals surface area (Å²) in [5, 5.41) is 18.1.